The summed E-state index contributed by atoms with van der Waals surface area (Å²) in [6, 6.07) is 4.01. The van der Waals surface area contributed by atoms with Crippen LogP contribution in [0.2, 0.25) is 0 Å². The number of nitrogens with one attached hydrogen (secondary N) is 1. The summed E-state index contributed by atoms with van der Waals surface area (Å²) >= 11 is 0. The Kier molecular flexibility index (Phi) is 6.74. The van der Waals surface area contributed by atoms with Gasteiger partial charge in [-0.25, -0.2) is 0 Å². The minimum absolute atomic E-state index is 0.148. The molecule has 2 N–H and O–H groups in total. The van der Waals surface area contributed by atoms with Gasteiger partial charge in [-0.3, -0.25) is 10.1 Å². The van der Waals surface area contributed by atoms with Crippen molar-refractivity contribution in [2.45, 2.75) is 58.2 Å². The summed E-state index contributed by atoms with van der Waals surface area (Å²) in [7, 11) is 0. The Hall–Kier alpha value is -2.05. The van der Waals surface area contributed by atoms with Crippen molar-refractivity contribution >= 4 is 5.91 Å². The number of aliphatic hydroxyl groups excluding tert-OH is 1. The van der Waals surface area contributed by atoms with E-state index in [0.29, 0.717) is 25.2 Å². The molecule has 0 aromatic rings. The molecule has 0 aromatic heterocycles. The van der Waals surface area contributed by atoms with Crippen molar-refractivity contribution in [1.29, 1.82) is 0 Å². The normalized spacial score (nSPS) is 16.1. The standard InChI is InChI=1S/C21H30N2O4/c1-15(2)22-20(24)7-11-27-19-12-16-14-26-10-6-17(16)18(19)13-21(25)23-8-4-3-5-9-23/h6,10,12,14-15,20,22,24H,3-5,7-9,11,13H2,1-2H3. The van der Waals surface area contributed by atoms with Crippen molar-refractivity contribution in [2.75, 3.05) is 19.7 Å². The highest BCUT2D eigenvalue weighted by Gasteiger charge is 2.23. The molecule has 6 nitrogen and oxygen atoms in total. The van der Waals surface area contributed by atoms with Crippen molar-refractivity contribution in [1.82, 2.24) is 10.2 Å². The SMILES string of the molecule is CC(C)NC(O)CCOc1cc2coccc-2c1CC(=O)N1CCCCC1. The molecule has 1 atom stereocenters. The average molecular weight is 374 g/mol. The number of hydrogen-bond acceptors (Lipinski definition) is 5. The van der Waals surface area contributed by atoms with Crippen LogP contribution in [0, 0.1) is 0 Å². The summed E-state index contributed by atoms with van der Waals surface area (Å²) in [4.78, 5) is 14.7. The van der Waals surface area contributed by atoms with Gasteiger partial charge in [0.05, 0.1) is 25.6 Å². The number of likely N-dealkylation sites (tertiary alicyclic amines) is 1. The molecule has 1 aliphatic carbocycles. The van der Waals surface area contributed by atoms with Crippen molar-refractivity contribution in [2.24, 2.45) is 0 Å². The van der Waals surface area contributed by atoms with Crippen molar-refractivity contribution in [3.63, 3.8) is 0 Å². The first-order chi connectivity index (χ1) is 13.0. The summed E-state index contributed by atoms with van der Waals surface area (Å²) < 4.78 is 11.2. The molecule has 0 aromatic carbocycles. The van der Waals surface area contributed by atoms with Crippen LogP contribution >= 0.6 is 0 Å². The molecule has 1 amide bonds. The van der Waals surface area contributed by atoms with E-state index < -0.39 is 6.23 Å². The van der Waals surface area contributed by atoms with E-state index in [9.17, 15) is 9.90 Å². The van der Waals surface area contributed by atoms with E-state index in [1.54, 1.807) is 12.5 Å². The van der Waals surface area contributed by atoms with E-state index in [1.165, 1.54) is 6.42 Å². The molecule has 148 valence electrons. The summed E-state index contributed by atoms with van der Waals surface area (Å²) in [5, 5.41) is 13.0. The number of rotatable bonds is 8. The van der Waals surface area contributed by atoms with E-state index >= 15 is 0 Å². The largest absolute Gasteiger partial charge is 0.493 e. The molecule has 0 bridgehead atoms. The molecule has 27 heavy (non-hydrogen) atoms. The number of nitrogens with zero attached hydrogens (tertiary/aromatic N) is 1. The van der Waals surface area contributed by atoms with E-state index in [2.05, 4.69) is 5.32 Å². The number of amides is 1. The van der Waals surface area contributed by atoms with Crippen molar-refractivity contribution < 1.29 is 19.1 Å². The van der Waals surface area contributed by atoms with Gasteiger partial charge in [0.25, 0.3) is 0 Å². The summed E-state index contributed by atoms with van der Waals surface area (Å²) in [6.07, 6.45) is 6.85. The van der Waals surface area contributed by atoms with Gasteiger partial charge in [0.1, 0.15) is 12.0 Å². The molecule has 0 spiro atoms. The monoisotopic (exact) mass is 374 g/mol. The predicted octanol–water partition coefficient (Wildman–Crippen LogP) is 3.02. The van der Waals surface area contributed by atoms with Crippen LogP contribution in [0.25, 0.3) is 11.1 Å². The molecular weight excluding hydrogens is 344 g/mol. The Bertz CT molecular complexity index is 706. The molecule has 1 saturated heterocycles. The molecule has 1 unspecified atom stereocenters. The van der Waals surface area contributed by atoms with E-state index in [0.717, 1.165) is 42.6 Å². The molecule has 2 aliphatic heterocycles. The predicted molar refractivity (Wildman–Crippen MR) is 104 cm³/mol. The molecule has 0 saturated carbocycles. The zero-order valence-corrected chi connectivity index (χ0v) is 16.2. The van der Waals surface area contributed by atoms with E-state index in [1.807, 2.05) is 30.9 Å². The molecule has 3 rings (SSSR count). The number of hydrogen-bond donors (Lipinski definition) is 2. The third kappa shape index (κ3) is 5.23. The Balaban J connectivity index is 1.69. The summed E-state index contributed by atoms with van der Waals surface area (Å²) in [5.41, 5.74) is 2.82. The first kappa shape index (κ1) is 19.7. The quantitative estimate of drug-likeness (QED) is 0.695. The molecule has 1 fully saturated rings. The Morgan fingerprint density at radius 1 is 1.33 bits per heavy atom. The fourth-order valence-corrected chi connectivity index (χ4v) is 3.59. The number of ether oxygens (including phenoxy) is 1. The van der Waals surface area contributed by atoms with Gasteiger partial charge in [0, 0.05) is 36.7 Å². The fraction of sp³-hybridized carbons (Fsp3) is 0.571. The number of fused-ring (bicyclic) bond motifs is 1. The van der Waals surface area contributed by atoms with Gasteiger partial charge >= 0.3 is 0 Å². The lowest BCUT2D eigenvalue weighted by Crippen LogP contribution is -2.36. The number of piperidine rings is 1. The third-order valence-corrected chi connectivity index (χ3v) is 4.94. The second-order valence-corrected chi connectivity index (χ2v) is 7.51. The van der Waals surface area contributed by atoms with Crippen molar-refractivity contribution in [3.05, 3.63) is 30.2 Å². The number of carbonyl (C=O) groups is 1. The van der Waals surface area contributed by atoms with Crippen LogP contribution in [0.4, 0.5) is 0 Å². The smallest absolute Gasteiger partial charge is 0.227 e. The van der Waals surface area contributed by atoms with Gasteiger partial charge in [0.2, 0.25) is 5.91 Å². The minimum Gasteiger partial charge on any atom is -0.493 e. The Morgan fingerprint density at radius 2 is 2.11 bits per heavy atom. The Labute approximate surface area is 160 Å². The first-order valence-electron chi connectivity index (χ1n) is 9.87. The second-order valence-electron chi connectivity index (χ2n) is 7.51. The maximum Gasteiger partial charge on any atom is 0.227 e. The maximum absolute atomic E-state index is 12.8. The summed E-state index contributed by atoms with van der Waals surface area (Å²) in [6.45, 7) is 6.04. The molecule has 2 heterocycles. The first-order valence-corrected chi connectivity index (χ1v) is 9.87. The highest BCUT2D eigenvalue weighted by Crippen LogP contribution is 2.37. The minimum atomic E-state index is -0.609. The average Bonchev–Trinajstić information content (AvgIpc) is 2.99. The van der Waals surface area contributed by atoms with Gasteiger partial charge in [-0.2, -0.15) is 0 Å². The maximum atomic E-state index is 12.8. The molecule has 0 radical (unpaired) electrons. The van der Waals surface area contributed by atoms with Crippen LogP contribution in [-0.2, 0) is 11.2 Å². The van der Waals surface area contributed by atoms with Gasteiger partial charge < -0.3 is 19.2 Å². The zero-order valence-electron chi connectivity index (χ0n) is 16.2. The van der Waals surface area contributed by atoms with Crippen LogP contribution in [0.1, 0.15) is 45.1 Å². The lowest BCUT2D eigenvalue weighted by Gasteiger charge is -2.27. The molecule has 3 aliphatic rings. The number of aliphatic hydroxyl groups is 1. The molecular formula is C21H30N2O4. The van der Waals surface area contributed by atoms with Crippen LogP contribution in [0.15, 0.2) is 29.1 Å². The van der Waals surface area contributed by atoms with E-state index in [-0.39, 0.29) is 11.9 Å². The van der Waals surface area contributed by atoms with Crippen LogP contribution in [-0.4, -0.2) is 47.9 Å². The lowest BCUT2D eigenvalue weighted by atomic mass is 10.1. The second kappa shape index (κ2) is 9.24. The van der Waals surface area contributed by atoms with Gasteiger partial charge in [0.15, 0.2) is 0 Å². The summed E-state index contributed by atoms with van der Waals surface area (Å²) in [5.74, 6) is 0.850. The van der Waals surface area contributed by atoms with E-state index in [4.69, 9.17) is 9.15 Å². The molecule has 6 heteroatoms. The van der Waals surface area contributed by atoms with Gasteiger partial charge in [-0.15, -0.1) is 0 Å². The number of carbonyl (C=O) groups excluding carboxylic acids is 1. The zero-order chi connectivity index (χ0) is 19.2. The van der Waals surface area contributed by atoms with Crippen molar-refractivity contribution in [3.8, 4) is 16.9 Å². The third-order valence-electron chi connectivity index (χ3n) is 4.94. The highest BCUT2D eigenvalue weighted by atomic mass is 16.5. The highest BCUT2D eigenvalue weighted by molar-refractivity contribution is 5.85. The van der Waals surface area contributed by atoms with Gasteiger partial charge in [-0.05, 0) is 50.8 Å². The van der Waals surface area contributed by atoms with Crippen LogP contribution in [0.3, 0.4) is 0 Å². The van der Waals surface area contributed by atoms with Gasteiger partial charge in [-0.1, -0.05) is 0 Å². The lowest BCUT2D eigenvalue weighted by molar-refractivity contribution is -0.131. The topological polar surface area (TPSA) is 74.9 Å². The Morgan fingerprint density at radius 3 is 2.85 bits per heavy atom. The fourth-order valence-electron chi connectivity index (χ4n) is 3.59. The van der Waals surface area contributed by atoms with Crippen LogP contribution < -0.4 is 10.1 Å². The van der Waals surface area contributed by atoms with Crippen LogP contribution in [0.5, 0.6) is 5.75 Å².